The monoisotopic (exact) mass is 506 g/mol. The minimum atomic E-state index is -3.92. The number of sulfone groups is 1. The van der Waals surface area contributed by atoms with Crippen molar-refractivity contribution >= 4 is 27.1 Å². The highest BCUT2D eigenvalue weighted by molar-refractivity contribution is 7.92. The molecule has 0 saturated heterocycles. The Labute approximate surface area is 197 Å². The number of amides is 1. The number of nitrogens with zero attached hydrogens (tertiary/aromatic N) is 4. The van der Waals surface area contributed by atoms with E-state index in [4.69, 9.17) is 0 Å². The van der Waals surface area contributed by atoms with Gasteiger partial charge in [-0.2, -0.15) is 19.0 Å². The second kappa shape index (κ2) is 9.76. The van der Waals surface area contributed by atoms with E-state index in [0.717, 1.165) is 12.1 Å². The van der Waals surface area contributed by atoms with Crippen molar-refractivity contribution in [2.24, 2.45) is 0 Å². The molecule has 0 unspecified atom stereocenters. The Balaban J connectivity index is 1.65. The van der Waals surface area contributed by atoms with Crippen molar-refractivity contribution in [3.63, 3.8) is 0 Å². The molecule has 0 radical (unpaired) electrons. The van der Waals surface area contributed by atoms with Crippen LogP contribution >= 0.6 is 0 Å². The number of fused-ring (bicyclic) bond motifs is 1. The number of hydrogen-bond acceptors (Lipinski definition) is 8. The zero-order valence-corrected chi connectivity index (χ0v) is 19.0. The zero-order valence-electron chi connectivity index (χ0n) is 18.2. The number of anilines is 1. The smallest absolute Gasteiger partial charge is 0.387 e. The fourth-order valence-electron chi connectivity index (χ4n) is 3.34. The van der Waals surface area contributed by atoms with Crippen LogP contribution in [-0.2, 0) is 16.3 Å². The van der Waals surface area contributed by atoms with E-state index < -0.39 is 34.2 Å². The highest BCUT2D eigenvalue weighted by Gasteiger charge is 2.25. The van der Waals surface area contributed by atoms with Gasteiger partial charge in [-0.1, -0.05) is 0 Å². The van der Waals surface area contributed by atoms with E-state index in [9.17, 15) is 27.1 Å². The number of halogens is 2. The highest BCUT2D eigenvalue weighted by atomic mass is 32.2. The first-order valence-corrected chi connectivity index (χ1v) is 11.8. The summed E-state index contributed by atoms with van der Waals surface area (Å²) in [5.74, 6) is -0.771. The third kappa shape index (κ3) is 4.97. The second-order valence-corrected chi connectivity index (χ2v) is 9.89. The van der Waals surface area contributed by atoms with Gasteiger partial charge in [0, 0.05) is 24.4 Å². The predicted molar refractivity (Wildman–Crippen MR) is 119 cm³/mol. The molecule has 0 aliphatic rings. The molecule has 1 aromatic carbocycles. The van der Waals surface area contributed by atoms with Crippen molar-refractivity contribution in [1.82, 2.24) is 24.8 Å². The first-order valence-electron chi connectivity index (χ1n) is 10.2. The molecule has 11 nitrogen and oxygen atoms in total. The SMILES string of the molecule is C[C@@H](CO)S(=O)(=O)c1ccc(OC(F)F)c(Cc2[nH]ncc2NC(=O)c2cnn3cccnc23)c1. The number of nitrogens with one attached hydrogen (secondary N) is 2. The Kier molecular flexibility index (Phi) is 6.75. The Morgan fingerprint density at radius 3 is 2.86 bits per heavy atom. The largest absolute Gasteiger partial charge is 0.435 e. The molecule has 14 heteroatoms. The summed E-state index contributed by atoms with van der Waals surface area (Å²) in [5, 5.41) is 21.5. The average Bonchev–Trinajstić information content (AvgIpc) is 3.46. The number of carbonyl (C=O) groups is 1. The van der Waals surface area contributed by atoms with Crippen molar-refractivity contribution in [2.75, 3.05) is 11.9 Å². The molecule has 0 aliphatic heterocycles. The van der Waals surface area contributed by atoms with Crippen molar-refractivity contribution in [2.45, 2.75) is 30.1 Å². The summed E-state index contributed by atoms with van der Waals surface area (Å²) in [5.41, 5.74) is 1.19. The van der Waals surface area contributed by atoms with Crippen LogP contribution in [0.3, 0.4) is 0 Å². The Hall–Kier alpha value is -3.91. The van der Waals surface area contributed by atoms with Crippen molar-refractivity contribution in [3.8, 4) is 5.75 Å². The molecule has 184 valence electrons. The van der Waals surface area contributed by atoms with Gasteiger partial charge in [0.05, 0.1) is 40.5 Å². The Morgan fingerprint density at radius 2 is 2.11 bits per heavy atom. The summed E-state index contributed by atoms with van der Waals surface area (Å²) in [6.45, 7) is -2.42. The first-order chi connectivity index (χ1) is 16.7. The maximum absolute atomic E-state index is 13.0. The van der Waals surface area contributed by atoms with Gasteiger partial charge < -0.3 is 15.2 Å². The van der Waals surface area contributed by atoms with Gasteiger partial charge in [-0.15, -0.1) is 0 Å². The minimum absolute atomic E-state index is 0.105. The molecule has 0 saturated carbocycles. The Bertz CT molecular complexity index is 1470. The van der Waals surface area contributed by atoms with E-state index in [-0.39, 0.29) is 33.9 Å². The van der Waals surface area contributed by atoms with E-state index in [0.29, 0.717) is 11.3 Å². The summed E-state index contributed by atoms with van der Waals surface area (Å²) in [6, 6.07) is 5.11. The fraction of sp³-hybridized carbons (Fsp3) is 0.238. The maximum atomic E-state index is 13.0. The number of carbonyl (C=O) groups excluding carboxylic acids is 1. The zero-order chi connectivity index (χ0) is 25.2. The lowest BCUT2D eigenvalue weighted by Crippen LogP contribution is -2.22. The molecular weight excluding hydrogens is 486 g/mol. The molecule has 4 aromatic rings. The van der Waals surface area contributed by atoms with Gasteiger partial charge in [0.2, 0.25) is 0 Å². The number of aliphatic hydroxyl groups is 1. The molecule has 0 spiro atoms. The standard InChI is InChI=1S/C21H20F2N6O5S/c1-12(11-30)35(32,33)14-3-4-18(34-21(22)23)13(7-14)8-16-17(10-25-28-16)27-20(31)15-9-26-29-6-2-5-24-19(15)29/h2-7,9-10,12,21,30H,8,11H2,1H3,(H,25,28)(H,27,31)/t12-/m0/s1. The van der Waals surface area contributed by atoms with Crippen molar-refractivity contribution < 1.29 is 31.8 Å². The first kappa shape index (κ1) is 24.2. The molecule has 3 heterocycles. The number of alkyl halides is 2. The van der Waals surface area contributed by atoms with E-state index in [2.05, 4.69) is 30.3 Å². The minimum Gasteiger partial charge on any atom is -0.435 e. The van der Waals surface area contributed by atoms with Gasteiger partial charge in [0.25, 0.3) is 5.91 Å². The number of aromatic amines is 1. The van der Waals surface area contributed by atoms with Gasteiger partial charge in [-0.25, -0.2) is 17.9 Å². The fourth-order valence-corrected chi connectivity index (χ4v) is 4.56. The normalized spacial score (nSPS) is 12.7. The topological polar surface area (TPSA) is 152 Å². The molecule has 35 heavy (non-hydrogen) atoms. The number of aliphatic hydroxyl groups excluding tert-OH is 1. The molecule has 1 atom stereocenters. The van der Waals surface area contributed by atoms with Gasteiger partial charge in [0.1, 0.15) is 11.3 Å². The van der Waals surface area contributed by atoms with Crippen molar-refractivity contribution in [1.29, 1.82) is 0 Å². The number of benzene rings is 1. The predicted octanol–water partition coefficient (Wildman–Crippen LogP) is 2.05. The van der Waals surface area contributed by atoms with Crippen LogP contribution < -0.4 is 10.1 Å². The van der Waals surface area contributed by atoms with Crippen LogP contribution in [0.5, 0.6) is 5.75 Å². The van der Waals surface area contributed by atoms with Gasteiger partial charge in [0.15, 0.2) is 15.5 Å². The van der Waals surface area contributed by atoms with Gasteiger partial charge >= 0.3 is 6.61 Å². The number of aromatic nitrogens is 5. The molecule has 3 aromatic heterocycles. The summed E-state index contributed by atoms with van der Waals surface area (Å²) < 4.78 is 57.2. The molecular formula is C21H20F2N6O5S. The summed E-state index contributed by atoms with van der Waals surface area (Å²) >= 11 is 0. The van der Waals surface area contributed by atoms with Crippen LogP contribution in [0.1, 0.15) is 28.5 Å². The van der Waals surface area contributed by atoms with Crippen LogP contribution in [-0.4, -0.2) is 62.7 Å². The second-order valence-electron chi connectivity index (χ2n) is 7.53. The molecule has 0 bridgehead atoms. The molecule has 0 aliphatic carbocycles. The number of H-pyrrole nitrogens is 1. The number of hydrogen-bond donors (Lipinski definition) is 3. The molecule has 4 rings (SSSR count). The third-order valence-electron chi connectivity index (χ3n) is 5.22. The molecule has 3 N–H and O–H groups in total. The maximum Gasteiger partial charge on any atom is 0.387 e. The van der Waals surface area contributed by atoms with E-state index in [1.165, 1.54) is 36.1 Å². The van der Waals surface area contributed by atoms with Crippen LogP contribution in [0.25, 0.3) is 5.65 Å². The Morgan fingerprint density at radius 1 is 1.31 bits per heavy atom. The summed E-state index contributed by atoms with van der Waals surface area (Å²) in [6.07, 6.45) is 5.70. The van der Waals surface area contributed by atoms with E-state index in [1.54, 1.807) is 12.3 Å². The lowest BCUT2D eigenvalue weighted by atomic mass is 10.1. The summed E-state index contributed by atoms with van der Waals surface area (Å²) in [4.78, 5) is 16.8. The lowest BCUT2D eigenvalue weighted by molar-refractivity contribution is -0.0504. The van der Waals surface area contributed by atoms with E-state index in [1.807, 2.05) is 0 Å². The average molecular weight is 506 g/mol. The third-order valence-corrected chi connectivity index (χ3v) is 7.34. The van der Waals surface area contributed by atoms with Crippen LogP contribution in [0, 0.1) is 0 Å². The van der Waals surface area contributed by atoms with Crippen molar-refractivity contribution in [3.05, 3.63) is 65.9 Å². The molecule has 1 amide bonds. The van der Waals surface area contributed by atoms with Crippen LogP contribution in [0.15, 0.2) is 53.9 Å². The number of rotatable bonds is 9. The molecule has 0 fully saturated rings. The van der Waals surface area contributed by atoms with Crippen LogP contribution in [0.2, 0.25) is 0 Å². The van der Waals surface area contributed by atoms with Gasteiger partial charge in [-0.05, 0) is 31.2 Å². The highest BCUT2D eigenvalue weighted by Crippen LogP contribution is 2.29. The quantitative estimate of drug-likeness (QED) is 0.312. The van der Waals surface area contributed by atoms with Gasteiger partial charge in [-0.3, -0.25) is 9.89 Å². The van der Waals surface area contributed by atoms with E-state index >= 15 is 0 Å². The summed E-state index contributed by atoms with van der Waals surface area (Å²) in [7, 11) is -3.92. The number of ether oxygens (including phenoxy) is 1. The lowest BCUT2D eigenvalue weighted by Gasteiger charge is -2.15. The van der Waals surface area contributed by atoms with Crippen LogP contribution in [0.4, 0.5) is 14.5 Å².